The Balaban J connectivity index is 2.00. The number of amides is 1. The van der Waals surface area contributed by atoms with Crippen molar-refractivity contribution in [2.45, 2.75) is 18.9 Å². The van der Waals surface area contributed by atoms with Crippen molar-refractivity contribution in [3.8, 4) is 0 Å². The topological polar surface area (TPSA) is 46.3 Å². The second kappa shape index (κ2) is 5.25. The van der Waals surface area contributed by atoms with Gasteiger partial charge >= 0.3 is 0 Å². The van der Waals surface area contributed by atoms with E-state index in [-0.39, 0.29) is 11.9 Å². The standard InChI is InChI=1S/C12H14Cl2N2O/c13-10-2-1-8(5-11(10)14)6-12(17)16-4-3-9(15)7-16/h1-2,5,9H,3-4,6-7,15H2/t9-/m1/s1. The molecule has 0 radical (unpaired) electrons. The van der Waals surface area contributed by atoms with Gasteiger partial charge in [0.05, 0.1) is 16.5 Å². The number of rotatable bonds is 2. The van der Waals surface area contributed by atoms with Crippen LogP contribution in [0, 0.1) is 0 Å². The van der Waals surface area contributed by atoms with Crippen molar-refractivity contribution < 1.29 is 4.79 Å². The van der Waals surface area contributed by atoms with Crippen LogP contribution in [0.1, 0.15) is 12.0 Å². The van der Waals surface area contributed by atoms with Crippen LogP contribution in [0.5, 0.6) is 0 Å². The summed E-state index contributed by atoms with van der Waals surface area (Å²) in [5.41, 5.74) is 6.65. The smallest absolute Gasteiger partial charge is 0.227 e. The fraction of sp³-hybridized carbons (Fsp3) is 0.417. The molecule has 5 heteroatoms. The number of carbonyl (C=O) groups is 1. The van der Waals surface area contributed by atoms with E-state index in [0.717, 1.165) is 18.5 Å². The van der Waals surface area contributed by atoms with Gasteiger partial charge in [-0.3, -0.25) is 4.79 Å². The summed E-state index contributed by atoms with van der Waals surface area (Å²) in [7, 11) is 0. The largest absolute Gasteiger partial charge is 0.341 e. The van der Waals surface area contributed by atoms with E-state index in [4.69, 9.17) is 28.9 Å². The van der Waals surface area contributed by atoms with Gasteiger partial charge in [0.1, 0.15) is 0 Å². The Morgan fingerprint density at radius 2 is 2.18 bits per heavy atom. The molecule has 1 aliphatic heterocycles. The minimum Gasteiger partial charge on any atom is -0.341 e. The van der Waals surface area contributed by atoms with Crippen molar-refractivity contribution in [1.29, 1.82) is 0 Å². The molecule has 2 rings (SSSR count). The number of hydrogen-bond acceptors (Lipinski definition) is 2. The molecule has 0 bridgehead atoms. The summed E-state index contributed by atoms with van der Waals surface area (Å²) in [5.74, 6) is 0.0938. The highest BCUT2D eigenvalue weighted by Gasteiger charge is 2.23. The van der Waals surface area contributed by atoms with E-state index in [9.17, 15) is 4.79 Å². The molecule has 1 heterocycles. The lowest BCUT2D eigenvalue weighted by atomic mass is 10.1. The fourth-order valence-electron chi connectivity index (χ4n) is 1.95. The molecule has 0 spiro atoms. The molecule has 2 N–H and O–H groups in total. The zero-order chi connectivity index (χ0) is 12.4. The van der Waals surface area contributed by atoms with Gasteiger partial charge < -0.3 is 10.6 Å². The van der Waals surface area contributed by atoms with E-state index < -0.39 is 0 Å². The maximum atomic E-state index is 12.0. The molecule has 0 aliphatic carbocycles. The maximum absolute atomic E-state index is 12.0. The molecule has 92 valence electrons. The molecule has 1 aromatic carbocycles. The quantitative estimate of drug-likeness (QED) is 0.896. The molecular formula is C12H14Cl2N2O. The summed E-state index contributed by atoms with van der Waals surface area (Å²) in [4.78, 5) is 13.7. The van der Waals surface area contributed by atoms with E-state index in [2.05, 4.69) is 0 Å². The first-order valence-corrected chi connectivity index (χ1v) is 6.29. The number of benzene rings is 1. The van der Waals surface area contributed by atoms with Crippen molar-refractivity contribution in [2.75, 3.05) is 13.1 Å². The molecule has 1 aromatic rings. The number of halogens is 2. The van der Waals surface area contributed by atoms with Crippen molar-refractivity contribution in [1.82, 2.24) is 4.90 Å². The summed E-state index contributed by atoms with van der Waals surface area (Å²) in [5, 5.41) is 0.987. The van der Waals surface area contributed by atoms with E-state index in [1.54, 1.807) is 17.0 Å². The third-order valence-corrected chi connectivity index (χ3v) is 3.66. The SMILES string of the molecule is N[C@@H]1CCN(C(=O)Cc2ccc(Cl)c(Cl)c2)C1. The average molecular weight is 273 g/mol. The first-order chi connectivity index (χ1) is 8.06. The summed E-state index contributed by atoms with van der Waals surface area (Å²) >= 11 is 11.7. The van der Waals surface area contributed by atoms with Crippen LogP contribution < -0.4 is 5.73 Å². The van der Waals surface area contributed by atoms with E-state index in [0.29, 0.717) is 23.0 Å². The van der Waals surface area contributed by atoms with Gasteiger partial charge in [0.15, 0.2) is 0 Å². The zero-order valence-corrected chi connectivity index (χ0v) is 10.8. The monoisotopic (exact) mass is 272 g/mol. The minimum atomic E-state index is 0.0938. The van der Waals surface area contributed by atoms with Crippen molar-refractivity contribution in [3.63, 3.8) is 0 Å². The van der Waals surface area contributed by atoms with Crippen LogP contribution in [0.25, 0.3) is 0 Å². The molecule has 1 fully saturated rings. The molecule has 1 saturated heterocycles. The van der Waals surface area contributed by atoms with Crippen LogP contribution in [0.2, 0.25) is 10.0 Å². The van der Waals surface area contributed by atoms with Crippen LogP contribution >= 0.6 is 23.2 Å². The van der Waals surface area contributed by atoms with Crippen molar-refractivity contribution in [3.05, 3.63) is 33.8 Å². The van der Waals surface area contributed by atoms with Crippen LogP contribution in [-0.4, -0.2) is 29.9 Å². The highest BCUT2D eigenvalue weighted by atomic mass is 35.5. The highest BCUT2D eigenvalue weighted by Crippen LogP contribution is 2.23. The molecule has 0 unspecified atom stereocenters. The number of nitrogens with zero attached hydrogens (tertiary/aromatic N) is 1. The Kier molecular flexibility index (Phi) is 3.92. The van der Waals surface area contributed by atoms with Gasteiger partial charge in [-0.2, -0.15) is 0 Å². The number of hydrogen-bond donors (Lipinski definition) is 1. The molecule has 1 atom stereocenters. The first-order valence-electron chi connectivity index (χ1n) is 5.53. The van der Waals surface area contributed by atoms with Gasteiger partial charge in [-0.25, -0.2) is 0 Å². The summed E-state index contributed by atoms with van der Waals surface area (Å²) in [6.07, 6.45) is 1.23. The Morgan fingerprint density at radius 1 is 1.41 bits per heavy atom. The van der Waals surface area contributed by atoms with Crippen LogP contribution in [0.15, 0.2) is 18.2 Å². The summed E-state index contributed by atoms with van der Waals surface area (Å²) < 4.78 is 0. The predicted octanol–water partition coefficient (Wildman–Crippen LogP) is 2.10. The van der Waals surface area contributed by atoms with Gasteiger partial charge in [-0.05, 0) is 24.1 Å². The normalized spacial score (nSPS) is 19.7. The van der Waals surface area contributed by atoms with Crippen molar-refractivity contribution in [2.24, 2.45) is 5.73 Å². The number of carbonyl (C=O) groups excluding carboxylic acids is 1. The lowest BCUT2D eigenvalue weighted by Gasteiger charge is -2.15. The number of likely N-dealkylation sites (tertiary alicyclic amines) is 1. The van der Waals surface area contributed by atoms with E-state index in [1.165, 1.54) is 0 Å². The van der Waals surface area contributed by atoms with E-state index >= 15 is 0 Å². The van der Waals surface area contributed by atoms with Gasteiger partial charge in [-0.15, -0.1) is 0 Å². The Labute approximate surface area is 110 Å². The molecule has 0 saturated carbocycles. The zero-order valence-electron chi connectivity index (χ0n) is 9.33. The lowest BCUT2D eigenvalue weighted by molar-refractivity contribution is -0.129. The second-order valence-corrected chi connectivity index (χ2v) is 5.13. The lowest BCUT2D eigenvalue weighted by Crippen LogP contribution is -2.32. The molecular weight excluding hydrogens is 259 g/mol. The van der Waals surface area contributed by atoms with Gasteiger partial charge in [-0.1, -0.05) is 29.3 Å². The van der Waals surface area contributed by atoms with Crippen LogP contribution in [-0.2, 0) is 11.2 Å². The van der Waals surface area contributed by atoms with Crippen LogP contribution in [0.3, 0.4) is 0 Å². The second-order valence-electron chi connectivity index (χ2n) is 4.31. The Hall–Kier alpha value is -0.770. The maximum Gasteiger partial charge on any atom is 0.227 e. The highest BCUT2D eigenvalue weighted by molar-refractivity contribution is 6.42. The fourth-order valence-corrected chi connectivity index (χ4v) is 2.27. The molecule has 0 aromatic heterocycles. The Bertz CT molecular complexity index is 437. The number of nitrogens with two attached hydrogens (primary N) is 1. The van der Waals surface area contributed by atoms with Gasteiger partial charge in [0, 0.05) is 19.1 Å². The third-order valence-electron chi connectivity index (χ3n) is 2.92. The molecule has 1 amide bonds. The summed E-state index contributed by atoms with van der Waals surface area (Å²) in [6, 6.07) is 5.38. The van der Waals surface area contributed by atoms with Gasteiger partial charge in [0.25, 0.3) is 0 Å². The van der Waals surface area contributed by atoms with E-state index in [1.807, 2.05) is 6.07 Å². The minimum absolute atomic E-state index is 0.0938. The predicted molar refractivity (Wildman–Crippen MR) is 69.3 cm³/mol. The molecule has 1 aliphatic rings. The summed E-state index contributed by atoms with van der Waals surface area (Å²) in [6.45, 7) is 1.40. The van der Waals surface area contributed by atoms with Crippen molar-refractivity contribution >= 4 is 29.1 Å². The molecule has 3 nitrogen and oxygen atoms in total. The molecule has 17 heavy (non-hydrogen) atoms. The third kappa shape index (κ3) is 3.12. The Morgan fingerprint density at radius 3 is 2.76 bits per heavy atom. The first kappa shape index (κ1) is 12.7. The average Bonchev–Trinajstić information content (AvgIpc) is 2.70. The van der Waals surface area contributed by atoms with Crippen LogP contribution in [0.4, 0.5) is 0 Å². The van der Waals surface area contributed by atoms with Gasteiger partial charge in [0.2, 0.25) is 5.91 Å².